The lowest BCUT2D eigenvalue weighted by Crippen LogP contribution is -2.08. The van der Waals surface area contributed by atoms with Crippen LogP contribution in [0.15, 0.2) is 24.3 Å². The van der Waals surface area contributed by atoms with E-state index in [0.717, 1.165) is 10.9 Å². The normalized spacial score (nSPS) is 10.3. The molecule has 110 valence electrons. The van der Waals surface area contributed by atoms with Crippen LogP contribution in [-0.4, -0.2) is 26.2 Å². The quantitative estimate of drug-likeness (QED) is 0.642. The Hall–Kier alpha value is -2.56. The zero-order valence-electron chi connectivity index (χ0n) is 12.4. The van der Waals surface area contributed by atoms with Gasteiger partial charge in [-0.2, -0.15) is 0 Å². The predicted octanol–water partition coefficient (Wildman–Crippen LogP) is 2.87. The van der Waals surface area contributed by atoms with Crippen LogP contribution in [0.25, 0.3) is 10.8 Å². The van der Waals surface area contributed by atoms with Crippen LogP contribution in [0.1, 0.15) is 22.8 Å². The molecule has 0 aliphatic heterocycles. The Morgan fingerprint density at radius 3 is 2.33 bits per heavy atom. The van der Waals surface area contributed by atoms with Crippen molar-refractivity contribution in [3.8, 4) is 11.5 Å². The summed E-state index contributed by atoms with van der Waals surface area (Å²) in [6, 6.07) is 6.89. The molecule has 0 fully saturated rings. The molecule has 0 aliphatic rings. The molecular weight excluding hydrogens is 272 g/mol. The van der Waals surface area contributed by atoms with Crippen molar-refractivity contribution in [2.24, 2.45) is 0 Å². The Bertz CT molecular complexity index is 718. The molecule has 0 spiro atoms. The molecule has 5 heteroatoms. The van der Waals surface area contributed by atoms with Crippen LogP contribution in [0.4, 0.5) is 0 Å². The number of aryl methyl sites for hydroxylation is 1. The van der Waals surface area contributed by atoms with E-state index in [1.165, 1.54) is 20.1 Å². The first-order chi connectivity index (χ1) is 9.97. The van der Waals surface area contributed by atoms with Crippen LogP contribution in [0.2, 0.25) is 0 Å². The van der Waals surface area contributed by atoms with Crippen molar-refractivity contribution in [3.63, 3.8) is 0 Å². The first-order valence-electron chi connectivity index (χ1n) is 6.36. The lowest BCUT2D eigenvalue weighted by molar-refractivity contribution is -0.131. The van der Waals surface area contributed by atoms with Crippen molar-refractivity contribution < 1.29 is 23.8 Å². The largest absolute Gasteiger partial charge is 0.497 e. The predicted molar refractivity (Wildman–Crippen MR) is 77.9 cm³/mol. The van der Waals surface area contributed by atoms with Gasteiger partial charge in [0.15, 0.2) is 0 Å². The third-order valence-corrected chi connectivity index (χ3v) is 3.23. The van der Waals surface area contributed by atoms with Gasteiger partial charge in [0.25, 0.3) is 0 Å². The molecule has 0 N–H and O–H groups in total. The van der Waals surface area contributed by atoms with Crippen molar-refractivity contribution in [2.45, 2.75) is 13.8 Å². The van der Waals surface area contributed by atoms with Gasteiger partial charge in [0, 0.05) is 12.3 Å². The summed E-state index contributed by atoms with van der Waals surface area (Å²) in [6.07, 6.45) is 0. The number of benzene rings is 2. The maximum absolute atomic E-state index is 11.9. The fraction of sp³-hybridized carbons (Fsp3) is 0.250. The highest BCUT2D eigenvalue weighted by Gasteiger charge is 2.17. The van der Waals surface area contributed by atoms with E-state index in [1.807, 2.05) is 13.0 Å². The van der Waals surface area contributed by atoms with Gasteiger partial charge < -0.3 is 14.2 Å². The van der Waals surface area contributed by atoms with E-state index in [4.69, 9.17) is 14.2 Å². The summed E-state index contributed by atoms with van der Waals surface area (Å²) in [7, 11) is 2.87. The number of carbonyl (C=O) groups excluding carboxylic acids is 2. The van der Waals surface area contributed by atoms with Crippen molar-refractivity contribution >= 4 is 22.7 Å². The highest BCUT2D eigenvalue weighted by molar-refractivity contribution is 6.02. The van der Waals surface area contributed by atoms with E-state index in [-0.39, 0.29) is 0 Å². The number of methoxy groups -OCH3 is 2. The first-order valence-corrected chi connectivity index (χ1v) is 6.36. The van der Waals surface area contributed by atoms with Crippen LogP contribution in [-0.2, 0) is 9.53 Å². The molecule has 0 aromatic heterocycles. The molecule has 0 unspecified atom stereocenters. The highest BCUT2D eigenvalue weighted by atomic mass is 16.5. The SMILES string of the molecule is COC(=O)c1cc(OC(C)=O)c2cc(OC)ccc2c1C. The molecule has 0 bridgehead atoms. The lowest BCUT2D eigenvalue weighted by Gasteiger charge is -2.13. The van der Waals surface area contributed by atoms with E-state index >= 15 is 0 Å². The Balaban J connectivity index is 2.78. The van der Waals surface area contributed by atoms with Gasteiger partial charge in [0.2, 0.25) is 0 Å². The molecule has 0 saturated heterocycles. The minimum absolute atomic E-state index is 0.308. The number of rotatable bonds is 3. The second kappa shape index (κ2) is 5.83. The molecule has 2 rings (SSSR count). The Labute approximate surface area is 122 Å². The summed E-state index contributed by atoms with van der Waals surface area (Å²) in [6.45, 7) is 3.13. The highest BCUT2D eigenvalue weighted by Crippen LogP contribution is 2.34. The number of hydrogen-bond acceptors (Lipinski definition) is 5. The molecule has 0 radical (unpaired) electrons. The van der Waals surface area contributed by atoms with Gasteiger partial charge in [-0.1, -0.05) is 6.07 Å². The fourth-order valence-electron chi connectivity index (χ4n) is 2.20. The minimum Gasteiger partial charge on any atom is -0.497 e. The van der Waals surface area contributed by atoms with Crippen LogP contribution in [0.3, 0.4) is 0 Å². The standard InChI is InChI=1S/C16H16O5/c1-9-12-6-5-11(19-3)7-14(12)15(21-10(2)17)8-13(9)16(18)20-4/h5-8H,1-4H3. The Morgan fingerprint density at radius 2 is 1.76 bits per heavy atom. The summed E-state index contributed by atoms with van der Waals surface area (Å²) in [5, 5.41) is 1.50. The van der Waals surface area contributed by atoms with Gasteiger partial charge in [-0.15, -0.1) is 0 Å². The molecule has 0 saturated carbocycles. The summed E-state index contributed by atoms with van der Waals surface area (Å²) >= 11 is 0. The van der Waals surface area contributed by atoms with Gasteiger partial charge in [-0.05, 0) is 36.1 Å². The maximum Gasteiger partial charge on any atom is 0.338 e. The molecule has 0 aliphatic carbocycles. The number of hydrogen-bond donors (Lipinski definition) is 0. The van der Waals surface area contributed by atoms with Crippen molar-refractivity contribution in [2.75, 3.05) is 14.2 Å². The lowest BCUT2D eigenvalue weighted by atomic mass is 9.99. The average molecular weight is 288 g/mol. The molecule has 5 nitrogen and oxygen atoms in total. The summed E-state index contributed by atoms with van der Waals surface area (Å²) in [5.41, 5.74) is 1.13. The van der Waals surface area contributed by atoms with Crippen molar-refractivity contribution in [1.82, 2.24) is 0 Å². The van der Waals surface area contributed by atoms with Gasteiger partial charge in [0.05, 0.1) is 19.8 Å². The Kier molecular flexibility index (Phi) is 4.12. The van der Waals surface area contributed by atoms with Crippen LogP contribution in [0.5, 0.6) is 11.5 Å². The number of esters is 2. The number of fused-ring (bicyclic) bond motifs is 1. The second-order valence-electron chi connectivity index (χ2n) is 4.54. The topological polar surface area (TPSA) is 61.8 Å². The molecule has 2 aromatic rings. The zero-order chi connectivity index (χ0) is 15.6. The summed E-state index contributed by atoms with van der Waals surface area (Å²) < 4.78 is 15.2. The fourth-order valence-corrected chi connectivity index (χ4v) is 2.20. The molecule has 2 aromatic carbocycles. The van der Waals surface area contributed by atoms with Crippen molar-refractivity contribution in [3.05, 3.63) is 35.4 Å². The van der Waals surface area contributed by atoms with E-state index in [1.54, 1.807) is 19.2 Å². The number of ether oxygens (including phenoxy) is 3. The third kappa shape index (κ3) is 2.81. The van der Waals surface area contributed by atoms with E-state index in [0.29, 0.717) is 22.4 Å². The van der Waals surface area contributed by atoms with Gasteiger partial charge in [-0.25, -0.2) is 4.79 Å². The monoisotopic (exact) mass is 288 g/mol. The first kappa shape index (κ1) is 14.8. The number of carbonyl (C=O) groups is 2. The summed E-state index contributed by atoms with van der Waals surface area (Å²) in [5.74, 6) is 0.0147. The van der Waals surface area contributed by atoms with Gasteiger partial charge in [-0.3, -0.25) is 4.79 Å². The molecule has 0 heterocycles. The van der Waals surface area contributed by atoms with Gasteiger partial charge in [0.1, 0.15) is 11.5 Å². The second-order valence-corrected chi connectivity index (χ2v) is 4.54. The van der Waals surface area contributed by atoms with Gasteiger partial charge >= 0.3 is 11.9 Å². The third-order valence-electron chi connectivity index (χ3n) is 3.23. The minimum atomic E-state index is -0.473. The van der Waals surface area contributed by atoms with Crippen LogP contribution >= 0.6 is 0 Å². The summed E-state index contributed by atoms with van der Waals surface area (Å²) in [4.78, 5) is 23.1. The Morgan fingerprint density at radius 1 is 1.05 bits per heavy atom. The maximum atomic E-state index is 11.9. The zero-order valence-corrected chi connectivity index (χ0v) is 12.4. The van der Waals surface area contributed by atoms with E-state index in [2.05, 4.69) is 0 Å². The van der Waals surface area contributed by atoms with Crippen LogP contribution in [0, 0.1) is 6.92 Å². The molecular formula is C16H16O5. The van der Waals surface area contributed by atoms with E-state index < -0.39 is 11.9 Å². The molecule has 0 amide bonds. The van der Waals surface area contributed by atoms with Crippen LogP contribution < -0.4 is 9.47 Å². The molecule has 0 atom stereocenters. The average Bonchev–Trinajstić information content (AvgIpc) is 2.48. The van der Waals surface area contributed by atoms with Crippen molar-refractivity contribution in [1.29, 1.82) is 0 Å². The smallest absolute Gasteiger partial charge is 0.338 e. The van der Waals surface area contributed by atoms with E-state index in [9.17, 15) is 9.59 Å². The molecule has 21 heavy (non-hydrogen) atoms.